The zero-order valence-electron chi connectivity index (χ0n) is 11.2. The van der Waals surface area contributed by atoms with Crippen molar-refractivity contribution >= 4 is 34.6 Å². The summed E-state index contributed by atoms with van der Waals surface area (Å²) in [5.41, 5.74) is 0. The molecule has 2 fully saturated rings. The van der Waals surface area contributed by atoms with Gasteiger partial charge in [-0.15, -0.1) is 0 Å². The summed E-state index contributed by atoms with van der Waals surface area (Å²) in [6.45, 7) is 2.45. The van der Waals surface area contributed by atoms with Crippen molar-refractivity contribution in [2.75, 3.05) is 13.3 Å². The van der Waals surface area contributed by atoms with E-state index in [0.717, 1.165) is 25.7 Å². The van der Waals surface area contributed by atoms with Gasteiger partial charge in [0, 0.05) is 22.9 Å². The second-order valence-electron chi connectivity index (χ2n) is 5.41. The normalized spacial score (nSPS) is 27.2. The van der Waals surface area contributed by atoms with Gasteiger partial charge in [-0.2, -0.15) is 0 Å². The molecule has 2 rings (SSSR count). The number of Topliss-reactive ketones (excluding diaryl/α,β-unsaturated/α-hetero) is 1. The molecule has 19 heavy (non-hydrogen) atoms. The van der Waals surface area contributed by atoms with Crippen molar-refractivity contribution in [3.63, 3.8) is 0 Å². The van der Waals surface area contributed by atoms with Gasteiger partial charge in [-0.05, 0) is 25.7 Å². The molecule has 0 aromatic carbocycles. The van der Waals surface area contributed by atoms with Gasteiger partial charge in [-0.3, -0.25) is 9.59 Å². The van der Waals surface area contributed by atoms with Gasteiger partial charge in [-0.25, -0.2) is 3.11 Å². The van der Waals surface area contributed by atoms with E-state index < -0.39 is 0 Å². The number of ether oxygens (including phenoxy) is 1. The number of hydrogen-bond donors (Lipinski definition) is 1. The Bertz CT molecular complexity index is 345. The Labute approximate surface area is 127 Å². The fourth-order valence-corrected chi connectivity index (χ4v) is 3.50. The van der Waals surface area contributed by atoms with Crippen molar-refractivity contribution in [2.24, 2.45) is 5.92 Å². The standard InChI is InChI=1S/C13H21IN2O3/c1-9(17)12(10-5-3-2-4-6-10)15-13(18)11-7-19-8-16(11)14/h10-12H,2-8H2,1H3,(H,15,18)/t11-,12+/m0/s1. The monoisotopic (exact) mass is 380 g/mol. The summed E-state index contributed by atoms with van der Waals surface area (Å²) in [6.07, 6.45) is 5.65. The van der Waals surface area contributed by atoms with E-state index in [-0.39, 0.29) is 23.8 Å². The van der Waals surface area contributed by atoms with Crippen molar-refractivity contribution in [1.29, 1.82) is 0 Å². The molecule has 1 saturated heterocycles. The summed E-state index contributed by atoms with van der Waals surface area (Å²) in [5.74, 6) is 0.289. The average molecular weight is 380 g/mol. The van der Waals surface area contributed by atoms with Crippen molar-refractivity contribution in [3.05, 3.63) is 0 Å². The lowest BCUT2D eigenvalue weighted by Gasteiger charge is -2.30. The van der Waals surface area contributed by atoms with E-state index >= 15 is 0 Å². The Balaban J connectivity index is 1.95. The van der Waals surface area contributed by atoms with Gasteiger partial charge < -0.3 is 10.1 Å². The Morgan fingerprint density at radius 2 is 2.00 bits per heavy atom. The lowest BCUT2D eigenvalue weighted by molar-refractivity contribution is -0.130. The first-order valence-corrected chi connectivity index (χ1v) is 7.87. The third-order valence-corrected chi connectivity index (χ3v) is 4.94. The summed E-state index contributed by atoms with van der Waals surface area (Å²) < 4.78 is 7.09. The lowest BCUT2D eigenvalue weighted by atomic mass is 9.82. The van der Waals surface area contributed by atoms with Crippen LogP contribution in [-0.2, 0) is 14.3 Å². The number of carbonyl (C=O) groups excluding carboxylic acids is 2. The molecule has 2 atom stereocenters. The molecule has 1 amide bonds. The third-order valence-electron chi connectivity index (χ3n) is 3.99. The summed E-state index contributed by atoms with van der Waals surface area (Å²) >= 11 is 2.09. The van der Waals surface area contributed by atoms with Crippen LogP contribution in [0.15, 0.2) is 0 Å². The van der Waals surface area contributed by atoms with Crippen LogP contribution in [0.25, 0.3) is 0 Å². The number of rotatable bonds is 4. The summed E-state index contributed by atoms with van der Waals surface area (Å²) in [6, 6.07) is -0.593. The molecular formula is C13H21IN2O3. The number of ketones is 1. The highest BCUT2D eigenvalue weighted by Crippen LogP contribution is 2.27. The van der Waals surface area contributed by atoms with Crippen LogP contribution in [0.4, 0.5) is 0 Å². The molecular weight excluding hydrogens is 359 g/mol. The molecule has 6 heteroatoms. The van der Waals surface area contributed by atoms with Gasteiger partial charge >= 0.3 is 0 Å². The number of nitrogens with one attached hydrogen (secondary N) is 1. The third kappa shape index (κ3) is 3.88. The minimum absolute atomic E-state index is 0.0687. The lowest BCUT2D eigenvalue weighted by Crippen LogP contribution is -2.51. The molecule has 0 aromatic heterocycles. The predicted octanol–water partition coefficient (Wildman–Crippen LogP) is 1.65. The molecule has 1 N–H and O–H groups in total. The highest BCUT2D eigenvalue weighted by Gasteiger charge is 2.34. The van der Waals surface area contributed by atoms with Gasteiger partial charge in [0.15, 0.2) is 5.78 Å². The molecule has 5 nitrogen and oxygen atoms in total. The fraction of sp³-hybridized carbons (Fsp3) is 0.846. The molecule has 2 aliphatic rings. The van der Waals surface area contributed by atoms with Gasteiger partial charge in [0.1, 0.15) is 12.8 Å². The minimum Gasteiger partial charge on any atom is -0.363 e. The van der Waals surface area contributed by atoms with Crippen molar-refractivity contribution in [3.8, 4) is 0 Å². The van der Waals surface area contributed by atoms with Crippen LogP contribution in [0.2, 0.25) is 0 Å². The average Bonchev–Trinajstić information content (AvgIpc) is 2.82. The van der Waals surface area contributed by atoms with Crippen LogP contribution in [-0.4, -0.2) is 40.2 Å². The maximum atomic E-state index is 12.2. The number of carbonyl (C=O) groups is 2. The topological polar surface area (TPSA) is 58.6 Å². The van der Waals surface area contributed by atoms with Gasteiger partial charge in [0.2, 0.25) is 5.91 Å². The van der Waals surface area contributed by atoms with Crippen LogP contribution in [0.5, 0.6) is 0 Å². The molecule has 0 spiro atoms. The van der Waals surface area contributed by atoms with Crippen LogP contribution in [0.3, 0.4) is 0 Å². The Kier molecular flexibility index (Phi) is 5.58. The number of nitrogens with zero attached hydrogens (tertiary/aromatic N) is 1. The maximum absolute atomic E-state index is 12.2. The number of halogens is 1. The Morgan fingerprint density at radius 1 is 1.32 bits per heavy atom. The summed E-state index contributed by atoms with van der Waals surface area (Å²) in [4.78, 5) is 24.0. The summed E-state index contributed by atoms with van der Waals surface area (Å²) in [7, 11) is 0. The molecule has 1 saturated carbocycles. The van der Waals surface area contributed by atoms with Gasteiger partial charge in [-0.1, -0.05) is 19.3 Å². The van der Waals surface area contributed by atoms with Gasteiger partial charge in [0.25, 0.3) is 0 Å². The van der Waals surface area contributed by atoms with E-state index in [4.69, 9.17) is 4.74 Å². The van der Waals surface area contributed by atoms with Crippen LogP contribution in [0.1, 0.15) is 39.0 Å². The van der Waals surface area contributed by atoms with Gasteiger partial charge in [0.05, 0.1) is 12.6 Å². The van der Waals surface area contributed by atoms with Crippen LogP contribution in [0, 0.1) is 5.92 Å². The zero-order chi connectivity index (χ0) is 13.8. The first-order chi connectivity index (χ1) is 9.09. The molecule has 1 aliphatic carbocycles. The molecule has 0 bridgehead atoms. The van der Waals surface area contributed by atoms with E-state index in [1.165, 1.54) is 6.42 Å². The highest BCUT2D eigenvalue weighted by atomic mass is 127. The first-order valence-electron chi connectivity index (χ1n) is 6.90. The SMILES string of the molecule is CC(=O)[C@@H](NC(=O)[C@@H]1COCN1I)C1CCCCC1. The van der Waals surface area contributed by atoms with Crippen molar-refractivity contribution in [1.82, 2.24) is 8.43 Å². The van der Waals surface area contributed by atoms with Crippen LogP contribution >= 0.6 is 22.9 Å². The zero-order valence-corrected chi connectivity index (χ0v) is 13.4. The van der Waals surface area contributed by atoms with Crippen LogP contribution < -0.4 is 5.32 Å². The smallest absolute Gasteiger partial charge is 0.241 e. The predicted molar refractivity (Wildman–Crippen MR) is 79.7 cm³/mol. The minimum atomic E-state index is -0.321. The molecule has 0 aromatic rings. The second kappa shape index (κ2) is 6.99. The first kappa shape index (κ1) is 15.2. The molecule has 1 heterocycles. The van der Waals surface area contributed by atoms with Crippen molar-refractivity contribution < 1.29 is 14.3 Å². The largest absolute Gasteiger partial charge is 0.363 e. The fourth-order valence-electron chi connectivity index (χ4n) is 2.89. The maximum Gasteiger partial charge on any atom is 0.241 e. The molecule has 108 valence electrons. The quantitative estimate of drug-likeness (QED) is 0.595. The van der Waals surface area contributed by atoms with E-state index in [0.29, 0.717) is 19.3 Å². The molecule has 0 unspecified atom stereocenters. The molecule has 0 radical (unpaired) electrons. The van der Waals surface area contributed by atoms with E-state index in [1.54, 1.807) is 6.92 Å². The summed E-state index contributed by atoms with van der Waals surface area (Å²) in [5, 5.41) is 2.94. The Morgan fingerprint density at radius 3 is 2.53 bits per heavy atom. The number of hydrogen-bond acceptors (Lipinski definition) is 4. The molecule has 1 aliphatic heterocycles. The second-order valence-corrected chi connectivity index (χ2v) is 6.65. The Hall–Kier alpha value is -0.210. The number of amides is 1. The highest BCUT2D eigenvalue weighted by molar-refractivity contribution is 14.1. The van der Waals surface area contributed by atoms with E-state index in [1.807, 2.05) is 3.11 Å². The van der Waals surface area contributed by atoms with E-state index in [9.17, 15) is 9.59 Å². The van der Waals surface area contributed by atoms with E-state index in [2.05, 4.69) is 28.2 Å². The van der Waals surface area contributed by atoms with Crippen molar-refractivity contribution in [2.45, 2.75) is 51.1 Å².